The second-order valence-corrected chi connectivity index (χ2v) is 6.93. The van der Waals surface area contributed by atoms with Crippen molar-refractivity contribution in [1.29, 1.82) is 0 Å². The molecule has 27 heavy (non-hydrogen) atoms. The van der Waals surface area contributed by atoms with Crippen LogP contribution in [0.4, 0.5) is 5.69 Å². The largest absolute Gasteiger partial charge is 0.480 e. The number of hydrogen-bond donors (Lipinski definition) is 3. The Balaban J connectivity index is 1.91. The number of amides is 2. The molecular formula is C20H28N2O5. The molecule has 1 aliphatic carbocycles. The van der Waals surface area contributed by atoms with Crippen LogP contribution in [0.1, 0.15) is 44.6 Å². The molecule has 1 aromatic carbocycles. The maximum atomic E-state index is 12.9. The third kappa shape index (κ3) is 6.36. The molecular weight excluding hydrogens is 348 g/mol. The first-order valence-electron chi connectivity index (χ1n) is 9.42. The number of nitrogens with one attached hydrogen (secondary N) is 2. The van der Waals surface area contributed by atoms with E-state index in [1.165, 1.54) is 0 Å². The highest BCUT2D eigenvalue weighted by atomic mass is 16.5. The average molecular weight is 376 g/mol. The summed E-state index contributed by atoms with van der Waals surface area (Å²) in [7, 11) is 0. The van der Waals surface area contributed by atoms with Gasteiger partial charge in [0.25, 0.3) is 0 Å². The van der Waals surface area contributed by atoms with Gasteiger partial charge >= 0.3 is 5.97 Å². The lowest BCUT2D eigenvalue weighted by Crippen LogP contribution is -2.35. The van der Waals surface area contributed by atoms with E-state index < -0.39 is 12.5 Å². The van der Waals surface area contributed by atoms with Crippen LogP contribution in [0.3, 0.4) is 0 Å². The number of aliphatic carboxylic acids is 1. The first-order chi connectivity index (χ1) is 12.9. The molecule has 0 radical (unpaired) electrons. The minimum atomic E-state index is -1.08. The summed E-state index contributed by atoms with van der Waals surface area (Å²) in [5, 5.41) is 13.9. The van der Waals surface area contributed by atoms with Gasteiger partial charge in [0.2, 0.25) is 11.8 Å². The zero-order valence-corrected chi connectivity index (χ0v) is 15.8. The molecule has 1 aliphatic rings. The Morgan fingerprint density at radius 3 is 2.41 bits per heavy atom. The van der Waals surface area contributed by atoms with Gasteiger partial charge in [-0.05, 0) is 43.9 Å². The molecule has 1 saturated carbocycles. The van der Waals surface area contributed by atoms with E-state index in [0.717, 1.165) is 37.7 Å². The summed E-state index contributed by atoms with van der Waals surface area (Å²) in [6.07, 6.45) is 4.71. The summed E-state index contributed by atoms with van der Waals surface area (Å²) in [6.45, 7) is 2.80. The summed E-state index contributed by atoms with van der Waals surface area (Å²) in [5.74, 6) is -1.40. The minimum absolute atomic E-state index is 0.0339. The van der Waals surface area contributed by atoms with Crippen LogP contribution in [0, 0.1) is 5.41 Å². The van der Waals surface area contributed by atoms with Crippen LogP contribution in [0.2, 0.25) is 0 Å². The van der Waals surface area contributed by atoms with Gasteiger partial charge in [-0.1, -0.05) is 25.0 Å². The van der Waals surface area contributed by atoms with Crippen molar-refractivity contribution < 1.29 is 24.2 Å². The van der Waals surface area contributed by atoms with Crippen molar-refractivity contribution in [2.24, 2.45) is 5.41 Å². The molecule has 148 valence electrons. The van der Waals surface area contributed by atoms with Crippen LogP contribution in [0.5, 0.6) is 0 Å². The summed E-state index contributed by atoms with van der Waals surface area (Å²) in [4.78, 5) is 35.0. The quantitative estimate of drug-likeness (QED) is 0.544. The molecule has 0 bridgehead atoms. The number of benzene rings is 1. The maximum absolute atomic E-state index is 12.9. The monoisotopic (exact) mass is 376 g/mol. The summed E-state index contributed by atoms with van der Waals surface area (Å²) in [5.41, 5.74) is 1.09. The van der Waals surface area contributed by atoms with Crippen LogP contribution >= 0.6 is 0 Å². The fourth-order valence-electron chi connectivity index (χ4n) is 3.45. The van der Waals surface area contributed by atoms with Gasteiger partial charge in [-0.15, -0.1) is 0 Å². The summed E-state index contributed by atoms with van der Waals surface area (Å²) < 4.78 is 5.45. The molecule has 7 heteroatoms. The van der Waals surface area contributed by atoms with Gasteiger partial charge in [0.1, 0.15) is 6.54 Å². The SMILES string of the molecule is CCOCCC1(C(=O)Nc2ccc(CC(=O)NCC(=O)O)cc2)CCCC1. The highest BCUT2D eigenvalue weighted by Gasteiger charge is 2.40. The Hall–Kier alpha value is -2.41. The fourth-order valence-corrected chi connectivity index (χ4v) is 3.45. The molecule has 0 aromatic heterocycles. The highest BCUT2D eigenvalue weighted by molar-refractivity contribution is 5.95. The van der Waals surface area contributed by atoms with Gasteiger partial charge < -0.3 is 20.5 Å². The van der Waals surface area contributed by atoms with E-state index in [2.05, 4.69) is 10.6 Å². The molecule has 0 saturated heterocycles. The number of anilines is 1. The van der Waals surface area contributed by atoms with Crippen LogP contribution in [-0.2, 0) is 25.5 Å². The molecule has 1 aromatic rings. The molecule has 0 spiro atoms. The van der Waals surface area contributed by atoms with Crippen LogP contribution in [-0.4, -0.2) is 42.6 Å². The van der Waals surface area contributed by atoms with E-state index in [1.807, 2.05) is 6.92 Å². The molecule has 0 unspecified atom stereocenters. The molecule has 2 rings (SSSR count). The van der Waals surface area contributed by atoms with Crippen molar-refractivity contribution in [1.82, 2.24) is 5.32 Å². The Labute approximate surface area is 159 Å². The van der Waals surface area contributed by atoms with E-state index in [4.69, 9.17) is 9.84 Å². The van der Waals surface area contributed by atoms with E-state index in [-0.39, 0.29) is 23.7 Å². The first kappa shape index (κ1) is 20.9. The van der Waals surface area contributed by atoms with Gasteiger partial charge in [-0.2, -0.15) is 0 Å². The second-order valence-electron chi connectivity index (χ2n) is 6.93. The van der Waals surface area contributed by atoms with Crippen molar-refractivity contribution in [3.63, 3.8) is 0 Å². The number of carbonyl (C=O) groups excluding carboxylic acids is 2. The predicted octanol–water partition coefficient (Wildman–Crippen LogP) is 2.36. The van der Waals surface area contributed by atoms with E-state index >= 15 is 0 Å². The first-order valence-corrected chi connectivity index (χ1v) is 9.42. The number of carboxylic acids is 1. The molecule has 1 fully saturated rings. The van der Waals surface area contributed by atoms with Gasteiger partial charge in [0.15, 0.2) is 0 Å². The zero-order valence-electron chi connectivity index (χ0n) is 15.8. The van der Waals surface area contributed by atoms with Crippen molar-refractivity contribution in [3.05, 3.63) is 29.8 Å². The normalized spacial score (nSPS) is 15.3. The van der Waals surface area contributed by atoms with Gasteiger partial charge in [0, 0.05) is 18.9 Å². The van der Waals surface area contributed by atoms with E-state index in [9.17, 15) is 14.4 Å². The molecule has 0 heterocycles. The Morgan fingerprint density at radius 1 is 1.15 bits per heavy atom. The van der Waals surface area contributed by atoms with Gasteiger partial charge in [0.05, 0.1) is 11.8 Å². The van der Waals surface area contributed by atoms with Crippen molar-refractivity contribution in [2.75, 3.05) is 25.1 Å². The third-order valence-electron chi connectivity index (χ3n) is 4.98. The molecule has 0 atom stereocenters. The zero-order chi connectivity index (χ0) is 19.7. The molecule has 3 N–H and O–H groups in total. The maximum Gasteiger partial charge on any atom is 0.322 e. The standard InChI is InChI=1S/C20H28N2O5/c1-2-27-12-11-20(9-3-4-10-20)19(26)22-16-7-5-15(6-8-16)13-17(23)21-14-18(24)25/h5-8H,2-4,9-14H2,1H3,(H,21,23)(H,22,26)(H,24,25). The fraction of sp³-hybridized carbons (Fsp3) is 0.550. The number of carboxylic acid groups (broad SMARTS) is 1. The summed E-state index contributed by atoms with van der Waals surface area (Å²) >= 11 is 0. The van der Waals surface area contributed by atoms with Gasteiger partial charge in [-0.3, -0.25) is 14.4 Å². The summed E-state index contributed by atoms with van der Waals surface area (Å²) in [6, 6.07) is 7.06. The number of ether oxygens (including phenoxy) is 1. The van der Waals surface area contributed by atoms with E-state index in [1.54, 1.807) is 24.3 Å². The van der Waals surface area contributed by atoms with Crippen LogP contribution in [0.25, 0.3) is 0 Å². The lowest BCUT2D eigenvalue weighted by molar-refractivity contribution is -0.137. The van der Waals surface area contributed by atoms with Gasteiger partial charge in [-0.25, -0.2) is 0 Å². The van der Waals surface area contributed by atoms with Crippen molar-refractivity contribution in [2.45, 2.75) is 45.4 Å². The molecule has 0 aliphatic heterocycles. The van der Waals surface area contributed by atoms with Crippen LogP contribution < -0.4 is 10.6 Å². The lowest BCUT2D eigenvalue weighted by Gasteiger charge is -2.27. The molecule has 2 amide bonds. The smallest absolute Gasteiger partial charge is 0.322 e. The van der Waals surface area contributed by atoms with Crippen LogP contribution in [0.15, 0.2) is 24.3 Å². The second kappa shape index (κ2) is 10.1. The minimum Gasteiger partial charge on any atom is -0.480 e. The number of carbonyl (C=O) groups is 3. The Bertz CT molecular complexity index is 651. The topological polar surface area (TPSA) is 105 Å². The highest BCUT2D eigenvalue weighted by Crippen LogP contribution is 2.42. The molecule has 7 nitrogen and oxygen atoms in total. The number of hydrogen-bond acceptors (Lipinski definition) is 4. The van der Waals surface area contributed by atoms with Crippen molar-refractivity contribution >= 4 is 23.5 Å². The lowest BCUT2D eigenvalue weighted by atomic mass is 9.82. The predicted molar refractivity (Wildman–Crippen MR) is 101 cm³/mol. The van der Waals surface area contributed by atoms with E-state index in [0.29, 0.717) is 18.9 Å². The average Bonchev–Trinajstić information content (AvgIpc) is 3.12. The Morgan fingerprint density at radius 2 is 1.81 bits per heavy atom. The third-order valence-corrected chi connectivity index (χ3v) is 4.98. The number of rotatable bonds is 10. The Kier molecular flexibility index (Phi) is 7.79. The van der Waals surface area contributed by atoms with Crippen molar-refractivity contribution in [3.8, 4) is 0 Å².